The maximum absolute atomic E-state index is 5.63. The molecule has 18 heavy (non-hydrogen) atoms. The summed E-state index contributed by atoms with van der Waals surface area (Å²) < 4.78 is 1.93. The summed E-state index contributed by atoms with van der Waals surface area (Å²) in [6.07, 6.45) is 5.19. The zero-order chi connectivity index (χ0) is 12.5. The zero-order valence-electron chi connectivity index (χ0n) is 9.75. The van der Waals surface area contributed by atoms with Crippen LogP contribution in [-0.2, 0) is 13.6 Å². The van der Waals surface area contributed by atoms with E-state index >= 15 is 0 Å². The van der Waals surface area contributed by atoms with Crippen LogP contribution in [0.2, 0.25) is 0 Å². The molecule has 0 spiro atoms. The minimum atomic E-state index is 0.192. The number of nitrogens with two attached hydrogens (primary N) is 1. The number of imidazole rings is 2. The van der Waals surface area contributed by atoms with Gasteiger partial charge in [0.15, 0.2) is 11.5 Å². The smallest absolute Gasteiger partial charge is 0.224 e. The van der Waals surface area contributed by atoms with Gasteiger partial charge in [0.1, 0.15) is 11.3 Å². The van der Waals surface area contributed by atoms with Gasteiger partial charge >= 0.3 is 0 Å². The summed E-state index contributed by atoms with van der Waals surface area (Å²) in [7, 11) is 1.93. The molecule has 3 aromatic heterocycles. The highest BCUT2D eigenvalue weighted by Crippen LogP contribution is 2.17. The summed E-state index contributed by atoms with van der Waals surface area (Å²) in [5.74, 6) is 1.72. The second kappa shape index (κ2) is 3.99. The molecule has 8 nitrogen and oxygen atoms in total. The minimum Gasteiger partial charge on any atom is -0.368 e. The highest BCUT2D eigenvalue weighted by atomic mass is 15.1. The normalized spacial score (nSPS) is 10.9. The van der Waals surface area contributed by atoms with Gasteiger partial charge in [-0.05, 0) is 0 Å². The van der Waals surface area contributed by atoms with Gasteiger partial charge < -0.3 is 20.6 Å². The van der Waals surface area contributed by atoms with Crippen LogP contribution in [0.1, 0.15) is 5.82 Å². The monoisotopic (exact) mass is 244 g/mol. The number of fused-ring (bicyclic) bond motifs is 1. The summed E-state index contributed by atoms with van der Waals surface area (Å²) in [4.78, 5) is 19.4. The summed E-state index contributed by atoms with van der Waals surface area (Å²) >= 11 is 0. The molecule has 0 fully saturated rings. The molecule has 3 heterocycles. The average Bonchev–Trinajstić information content (AvgIpc) is 2.94. The van der Waals surface area contributed by atoms with Crippen LogP contribution < -0.4 is 11.1 Å². The van der Waals surface area contributed by atoms with Gasteiger partial charge in [0.2, 0.25) is 5.95 Å². The number of H-pyrrole nitrogens is 1. The van der Waals surface area contributed by atoms with Crippen molar-refractivity contribution in [3.05, 3.63) is 24.5 Å². The molecule has 0 atom stereocenters. The predicted octanol–water partition coefficient (Wildman–Crippen LogP) is 0.281. The number of nitrogens with zero attached hydrogens (tertiary/aromatic N) is 5. The van der Waals surface area contributed by atoms with Crippen LogP contribution in [0.4, 0.5) is 11.8 Å². The number of rotatable bonds is 3. The van der Waals surface area contributed by atoms with E-state index < -0.39 is 0 Å². The Labute approximate surface area is 102 Å². The lowest BCUT2D eigenvalue weighted by atomic mass is 10.4. The lowest BCUT2D eigenvalue weighted by molar-refractivity contribution is 0.811. The molecule has 3 aromatic rings. The van der Waals surface area contributed by atoms with Crippen LogP contribution in [0.3, 0.4) is 0 Å². The molecule has 3 rings (SSSR count). The Morgan fingerprint density at radius 3 is 3.06 bits per heavy atom. The molecule has 0 unspecified atom stereocenters. The van der Waals surface area contributed by atoms with Gasteiger partial charge in [-0.1, -0.05) is 0 Å². The van der Waals surface area contributed by atoms with Crippen LogP contribution in [0.5, 0.6) is 0 Å². The number of aromatic amines is 1. The van der Waals surface area contributed by atoms with Gasteiger partial charge in [0.05, 0.1) is 12.9 Å². The van der Waals surface area contributed by atoms with Crippen LogP contribution in [-0.4, -0.2) is 29.5 Å². The summed E-state index contributed by atoms with van der Waals surface area (Å²) in [5.41, 5.74) is 6.91. The molecule has 8 heteroatoms. The summed E-state index contributed by atoms with van der Waals surface area (Å²) in [6, 6.07) is 0. The molecule has 0 aliphatic carbocycles. The van der Waals surface area contributed by atoms with Crippen molar-refractivity contribution in [1.82, 2.24) is 29.5 Å². The Morgan fingerprint density at radius 2 is 2.28 bits per heavy atom. The Hall–Kier alpha value is -2.64. The first kappa shape index (κ1) is 10.5. The second-order valence-corrected chi connectivity index (χ2v) is 3.84. The molecule has 0 bridgehead atoms. The predicted molar refractivity (Wildman–Crippen MR) is 66.6 cm³/mol. The van der Waals surface area contributed by atoms with E-state index in [0.717, 1.165) is 11.3 Å². The first-order chi connectivity index (χ1) is 8.74. The molecule has 0 saturated heterocycles. The number of nitrogens with one attached hydrogen (secondary N) is 2. The molecule has 0 aliphatic heterocycles. The molecular formula is C10H12N8. The number of aromatic nitrogens is 6. The van der Waals surface area contributed by atoms with Gasteiger partial charge in [-0.15, -0.1) is 0 Å². The number of hydrogen-bond acceptors (Lipinski definition) is 6. The lowest BCUT2D eigenvalue weighted by Gasteiger charge is -2.06. The third-order valence-electron chi connectivity index (χ3n) is 2.64. The van der Waals surface area contributed by atoms with Crippen molar-refractivity contribution in [2.24, 2.45) is 7.05 Å². The van der Waals surface area contributed by atoms with Crippen molar-refractivity contribution in [2.75, 3.05) is 11.1 Å². The Bertz CT molecular complexity index is 682. The van der Waals surface area contributed by atoms with Gasteiger partial charge in [-0.25, -0.2) is 9.97 Å². The maximum atomic E-state index is 5.63. The van der Waals surface area contributed by atoms with Crippen molar-refractivity contribution in [2.45, 2.75) is 6.54 Å². The number of nitrogen functional groups attached to an aromatic ring is 1. The topological polar surface area (TPSA) is 110 Å². The van der Waals surface area contributed by atoms with E-state index in [2.05, 4.69) is 30.2 Å². The van der Waals surface area contributed by atoms with Crippen molar-refractivity contribution < 1.29 is 0 Å². The standard InChI is InChI=1S/C10H12N8/c1-18-3-2-12-6(18)4-13-8-7-9(15-5-14-7)17-10(11)16-8/h2-3,5H,4H2,1H3,(H4,11,13,14,15,16,17). The minimum absolute atomic E-state index is 0.192. The van der Waals surface area contributed by atoms with Crippen LogP contribution in [0, 0.1) is 0 Å². The highest BCUT2D eigenvalue weighted by Gasteiger charge is 2.08. The number of aryl methyl sites for hydroxylation is 1. The highest BCUT2D eigenvalue weighted by molar-refractivity contribution is 5.83. The van der Waals surface area contributed by atoms with Crippen LogP contribution >= 0.6 is 0 Å². The van der Waals surface area contributed by atoms with Crippen molar-refractivity contribution in [3.8, 4) is 0 Å². The van der Waals surface area contributed by atoms with Gasteiger partial charge in [-0.3, -0.25) is 0 Å². The average molecular weight is 244 g/mol. The summed E-state index contributed by atoms with van der Waals surface area (Å²) in [5, 5.41) is 3.17. The van der Waals surface area contributed by atoms with E-state index in [9.17, 15) is 0 Å². The molecule has 0 saturated carbocycles. The van der Waals surface area contributed by atoms with E-state index in [1.165, 1.54) is 0 Å². The SMILES string of the molecule is Cn1ccnc1CNc1nc(N)nc2nc[nH]c12. The van der Waals surface area contributed by atoms with E-state index in [1.807, 2.05) is 17.8 Å². The molecule has 4 N–H and O–H groups in total. The van der Waals surface area contributed by atoms with E-state index in [1.54, 1.807) is 12.5 Å². The Morgan fingerprint density at radius 1 is 1.39 bits per heavy atom. The zero-order valence-corrected chi connectivity index (χ0v) is 9.75. The number of anilines is 2. The second-order valence-electron chi connectivity index (χ2n) is 3.84. The van der Waals surface area contributed by atoms with Crippen LogP contribution in [0.25, 0.3) is 11.2 Å². The third kappa shape index (κ3) is 1.73. The van der Waals surface area contributed by atoms with E-state index in [0.29, 0.717) is 18.0 Å². The Balaban J connectivity index is 1.90. The molecular weight excluding hydrogens is 232 g/mol. The van der Waals surface area contributed by atoms with Gasteiger partial charge in [-0.2, -0.15) is 9.97 Å². The van der Waals surface area contributed by atoms with Crippen molar-refractivity contribution >= 4 is 22.9 Å². The van der Waals surface area contributed by atoms with Crippen LogP contribution in [0.15, 0.2) is 18.7 Å². The Kier molecular flexibility index (Phi) is 2.33. The van der Waals surface area contributed by atoms with E-state index in [-0.39, 0.29) is 5.95 Å². The molecule has 0 aromatic carbocycles. The molecule has 0 amide bonds. The fourth-order valence-corrected chi connectivity index (χ4v) is 1.71. The van der Waals surface area contributed by atoms with Gasteiger partial charge in [0.25, 0.3) is 0 Å². The fraction of sp³-hybridized carbons (Fsp3) is 0.200. The maximum Gasteiger partial charge on any atom is 0.224 e. The third-order valence-corrected chi connectivity index (χ3v) is 2.64. The summed E-state index contributed by atoms with van der Waals surface area (Å²) in [6.45, 7) is 0.550. The molecule has 92 valence electrons. The molecule has 0 radical (unpaired) electrons. The van der Waals surface area contributed by atoms with Crippen molar-refractivity contribution in [1.29, 1.82) is 0 Å². The lowest BCUT2D eigenvalue weighted by Crippen LogP contribution is -2.08. The fourth-order valence-electron chi connectivity index (χ4n) is 1.71. The first-order valence-corrected chi connectivity index (χ1v) is 5.40. The molecule has 0 aliphatic rings. The number of hydrogen-bond donors (Lipinski definition) is 3. The quantitative estimate of drug-likeness (QED) is 0.610. The van der Waals surface area contributed by atoms with Gasteiger partial charge in [0, 0.05) is 19.4 Å². The van der Waals surface area contributed by atoms with E-state index in [4.69, 9.17) is 5.73 Å². The van der Waals surface area contributed by atoms with Crippen molar-refractivity contribution in [3.63, 3.8) is 0 Å². The first-order valence-electron chi connectivity index (χ1n) is 5.40. The largest absolute Gasteiger partial charge is 0.368 e.